The highest BCUT2D eigenvalue weighted by molar-refractivity contribution is 5.79. The molecule has 1 radical (unpaired) electrons. The molecule has 0 aliphatic heterocycles. The van der Waals surface area contributed by atoms with E-state index in [1.165, 1.54) is 0 Å². The molecule has 0 amide bonds. The normalized spacial score (nSPS) is 14.5. The van der Waals surface area contributed by atoms with Gasteiger partial charge < -0.3 is 9.30 Å². The molecule has 6 rings (SSSR count). The number of aromatic nitrogens is 3. The molecule has 187 valence electrons. The van der Waals surface area contributed by atoms with Crippen LogP contribution in [0.1, 0.15) is 48.3 Å². The van der Waals surface area contributed by atoms with E-state index in [0.29, 0.717) is 30.9 Å². The van der Waals surface area contributed by atoms with Crippen molar-refractivity contribution < 1.29 is 9.53 Å². The number of benzene rings is 3. The van der Waals surface area contributed by atoms with E-state index in [1.807, 2.05) is 66.7 Å². The Morgan fingerprint density at radius 1 is 0.921 bits per heavy atom. The maximum Gasteiger partial charge on any atom is 0.205 e. The standard InChI is InChI=1S/C32H27N4O2/c33-19-23-6-5-7-24(16-23)20-36-30-13-12-27(38-21-26-11-10-25-8-1-2-9-28(25)34-26)17-29(30)35-31(36)18-32(22-37)14-3-4-15-32/h1-2,5-13,16-17H,3-4,14-15,18,20-21H2. The molecule has 6 nitrogen and oxygen atoms in total. The lowest BCUT2D eigenvalue weighted by molar-refractivity contribution is 0.302. The van der Waals surface area contributed by atoms with Gasteiger partial charge in [0, 0.05) is 29.8 Å². The lowest BCUT2D eigenvalue weighted by atomic mass is 9.84. The molecule has 0 bridgehead atoms. The van der Waals surface area contributed by atoms with Crippen molar-refractivity contribution in [2.75, 3.05) is 0 Å². The minimum Gasteiger partial charge on any atom is -0.487 e. The fraction of sp³-hybridized carbons (Fsp3) is 0.250. The van der Waals surface area contributed by atoms with Crippen molar-refractivity contribution in [2.45, 2.75) is 45.3 Å². The fourth-order valence-electron chi connectivity index (χ4n) is 5.50. The van der Waals surface area contributed by atoms with Gasteiger partial charge in [0.25, 0.3) is 0 Å². The first kappa shape index (κ1) is 23.9. The van der Waals surface area contributed by atoms with E-state index in [-0.39, 0.29) is 0 Å². The maximum atomic E-state index is 12.0. The lowest BCUT2D eigenvalue weighted by Crippen LogP contribution is -2.23. The van der Waals surface area contributed by atoms with Gasteiger partial charge in [-0.2, -0.15) is 5.26 Å². The van der Waals surface area contributed by atoms with Crippen molar-refractivity contribution >= 4 is 28.2 Å². The van der Waals surface area contributed by atoms with Gasteiger partial charge in [-0.3, -0.25) is 4.79 Å². The van der Waals surface area contributed by atoms with Crippen LogP contribution in [-0.4, -0.2) is 20.8 Å². The number of rotatable bonds is 8. The summed E-state index contributed by atoms with van der Waals surface area (Å²) >= 11 is 0. The summed E-state index contributed by atoms with van der Waals surface area (Å²) in [7, 11) is 0. The van der Waals surface area contributed by atoms with Crippen LogP contribution < -0.4 is 4.74 Å². The Morgan fingerprint density at radius 3 is 2.63 bits per heavy atom. The summed E-state index contributed by atoms with van der Waals surface area (Å²) in [6.07, 6.45) is 6.69. The van der Waals surface area contributed by atoms with Gasteiger partial charge in [-0.15, -0.1) is 0 Å². The number of carbonyl (C=O) groups excluding carboxylic acids is 1. The Morgan fingerprint density at radius 2 is 1.79 bits per heavy atom. The summed E-state index contributed by atoms with van der Waals surface area (Å²) in [5.74, 6) is 1.58. The third kappa shape index (κ3) is 4.76. The minimum absolute atomic E-state index is 0.355. The van der Waals surface area contributed by atoms with Crippen molar-refractivity contribution in [2.24, 2.45) is 5.41 Å². The molecule has 0 atom stereocenters. The summed E-state index contributed by atoms with van der Waals surface area (Å²) in [4.78, 5) is 21.7. The summed E-state index contributed by atoms with van der Waals surface area (Å²) in [5, 5.41) is 10.5. The molecule has 6 heteroatoms. The van der Waals surface area contributed by atoms with E-state index < -0.39 is 5.41 Å². The Balaban J connectivity index is 1.31. The Labute approximate surface area is 221 Å². The van der Waals surface area contributed by atoms with Crippen LogP contribution in [-0.2, 0) is 24.4 Å². The monoisotopic (exact) mass is 499 g/mol. The Bertz CT molecular complexity index is 1670. The molecule has 0 spiro atoms. The second-order valence-electron chi connectivity index (χ2n) is 10.1. The van der Waals surface area contributed by atoms with Crippen LogP contribution in [0.3, 0.4) is 0 Å². The summed E-state index contributed by atoms with van der Waals surface area (Å²) in [6, 6.07) is 27.8. The highest BCUT2D eigenvalue weighted by Gasteiger charge is 2.36. The van der Waals surface area contributed by atoms with Gasteiger partial charge in [-0.1, -0.05) is 49.2 Å². The molecule has 38 heavy (non-hydrogen) atoms. The predicted octanol–water partition coefficient (Wildman–Crippen LogP) is 6.30. The Hall–Kier alpha value is -4.50. The molecule has 1 aliphatic carbocycles. The number of hydrogen-bond donors (Lipinski definition) is 0. The van der Waals surface area contributed by atoms with Gasteiger partial charge >= 0.3 is 0 Å². The van der Waals surface area contributed by atoms with Crippen LogP contribution in [0.25, 0.3) is 21.9 Å². The van der Waals surface area contributed by atoms with E-state index in [0.717, 1.165) is 64.7 Å². The largest absolute Gasteiger partial charge is 0.487 e. The predicted molar refractivity (Wildman–Crippen MR) is 146 cm³/mol. The van der Waals surface area contributed by atoms with Crippen LogP contribution >= 0.6 is 0 Å². The molecule has 0 unspecified atom stereocenters. The minimum atomic E-state index is -0.477. The third-order valence-corrected chi connectivity index (χ3v) is 7.51. The van der Waals surface area contributed by atoms with E-state index >= 15 is 0 Å². The third-order valence-electron chi connectivity index (χ3n) is 7.51. The van der Waals surface area contributed by atoms with Gasteiger partial charge in [0.2, 0.25) is 6.29 Å². The van der Waals surface area contributed by atoms with Crippen molar-refractivity contribution in [3.8, 4) is 11.8 Å². The van der Waals surface area contributed by atoms with Gasteiger partial charge in [0.1, 0.15) is 18.2 Å². The SMILES string of the molecule is N#Cc1cccc(Cn2c(CC3([C]=O)CCCC3)nc3cc(OCc4ccc5ccccc5n4)ccc32)c1. The maximum absolute atomic E-state index is 12.0. The lowest BCUT2D eigenvalue weighted by Gasteiger charge is -2.21. The van der Waals surface area contributed by atoms with Crippen molar-refractivity contribution in [3.63, 3.8) is 0 Å². The molecule has 2 heterocycles. The smallest absolute Gasteiger partial charge is 0.205 e. The zero-order chi connectivity index (χ0) is 26.0. The fourth-order valence-corrected chi connectivity index (χ4v) is 5.50. The van der Waals surface area contributed by atoms with Crippen molar-refractivity contribution in [1.29, 1.82) is 5.26 Å². The first-order chi connectivity index (χ1) is 18.6. The average Bonchev–Trinajstić information content (AvgIpc) is 3.56. The quantitative estimate of drug-likeness (QED) is 0.250. The topological polar surface area (TPSA) is 80.8 Å². The average molecular weight is 500 g/mol. The zero-order valence-corrected chi connectivity index (χ0v) is 21.1. The van der Waals surface area contributed by atoms with Gasteiger partial charge in [-0.25, -0.2) is 9.97 Å². The van der Waals surface area contributed by atoms with Crippen LogP contribution in [0.2, 0.25) is 0 Å². The van der Waals surface area contributed by atoms with Crippen molar-refractivity contribution in [3.05, 3.63) is 102 Å². The van der Waals surface area contributed by atoms with Crippen molar-refractivity contribution in [1.82, 2.24) is 14.5 Å². The molecular weight excluding hydrogens is 472 g/mol. The molecule has 2 aromatic heterocycles. The second kappa shape index (κ2) is 10.1. The molecule has 1 aliphatic rings. The number of para-hydroxylation sites is 1. The number of nitrogens with zero attached hydrogens (tertiary/aromatic N) is 4. The van der Waals surface area contributed by atoms with Gasteiger partial charge in [0.15, 0.2) is 0 Å². The molecular formula is C32H27N4O2. The molecule has 0 saturated heterocycles. The number of fused-ring (bicyclic) bond motifs is 2. The molecule has 1 saturated carbocycles. The highest BCUT2D eigenvalue weighted by Crippen LogP contribution is 2.39. The van der Waals surface area contributed by atoms with E-state index in [1.54, 1.807) is 6.07 Å². The first-order valence-electron chi connectivity index (χ1n) is 13.0. The van der Waals surface area contributed by atoms with E-state index in [4.69, 9.17) is 14.7 Å². The first-order valence-corrected chi connectivity index (χ1v) is 13.0. The molecule has 5 aromatic rings. The number of nitriles is 1. The molecule has 0 N–H and O–H groups in total. The van der Waals surface area contributed by atoms with Crippen LogP contribution in [0.5, 0.6) is 5.75 Å². The van der Waals surface area contributed by atoms with Gasteiger partial charge in [0.05, 0.1) is 33.9 Å². The van der Waals surface area contributed by atoms with E-state index in [9.17, 15) is 10.1 Å². The number of pyridine rings is 1. The molecule has 1 fully saturated rings. The summed E-state index contributed by atoms with van der Waals surface area (Å²) in [5.41, 5.74) is 4.76. The summed E-state index contributed by atoms with van der Waals surface area (Å²) in [6.45, 7) is 0.922. The Kier molecular flexibility index (Phi) is 6.35. The van der Waals surface area contributed by atoms with Gasteiger partial charge in [-0.05, 0) is 54.8 Å². The van der Waals surface area contributed by atoms with Crippen LogP contribution in [0.15, 0.2) is 78.9 Å². The molecule has 3 aromatic carbocycles. The number of hydrogen-bond acceptors (Lipinski definition) is 5. The summed E-state index contributed by atoms with van der Waals surface area (Å²) < 4.78 is 8.28. The zero-order valence-electron chi connectivity index (χ0n) is 21.1. The van der Waals surface area contributed by atoms with E-state index in [2.05, 4.69) is 23.0 Å². The van der Waals surface area contributed by atoms with Crippen LogP contribution in [0, 0.1) is 16.7 Å². The number of ether oxygens (including phenoxy) is 1. The second-order valence-corrected chi connectivity index (χ2v) is 10.1. The number of imidazole rings is 1. The highest BCUT2D eigenvalue weighted by atomic mass is 16.5. The van der Waals surface area contributed by atoms with Crippen LogP contribution in [0.4, 0.5) is 0 Å².